The number of carboxylic acids is 1. The Balaban J connectivity index is 2.30. The van der Waals surface area contributed by atoms with Crippen molar-refractivity contribution in [1.29, 1.82) is 0 Å². The van der Waals surface area contributed by atoms with Gasteiger partial charge in [0.25, 0.3) is 0 Å². The number of carboxylic acid groups (broad SMARTS) is 1. The Labute approximate surface area is 114 Å². The van der Waals surface area contributed by atoms with Crippen LogP contribution >= 0.6 is 11.8 Å². The van der Waals surface area contributed by atoms with Gasteiger partial charge in [-0.2, -0.15) is 0 Å². The fourth-order valence-electron chi connectivity index (χ4n) is 1.64. The van der Waals surface area contributed by atoms with E-state index in [2.05, 4.69) is 24.0 Å². The highest BCUT2D eigenvalue weighted by atomic mass is 32.2. The molecule has 1 N–H and O–H groups in total. The number of rotatable bonds is 6. The highest BCUT2D eigenvalue weighted by molar-refractivity contribution is 7.99. The van der Waals surface area contributed by atoms with Gasteiger partial charge in [-0.15, -0.1) is 10.2 Å². The zero-order valence-corrected chi connectivity index (χ0v) is 11.6. The maximum absolute atomic E-state index is 10.6. The maximum atomic E-state index is 10.6. The van der Waals surface area contributed by atoms with Gasteiger partial charge < -0.3 is 9.52 Å². The van der Waals surface area contributed by atoms with Crippen molar-refractivity contribution in [3.05, 3.63) is 18.4 Å². The minimum atomic E-state index is -0.872. The standard InChI is InChI=1S/C12H15N3O3S/c1-8(2)6-15-11(9-4-3-5-18-9)13-14-12(15)19-7-10(16)17/h3-5,8H,6-7H2,1-2H3,(H,16,17). The number of carbonyl (C=O) groups is 1. The van der Waals surface area contributed by atoms with E-state index in [0.29, 0.717) is 29.2 Å². The van der Waals surface area contributed by atoms with Crippen LogP contribution in [0.2, 0.25) is 0 Å². The molecule has 102 valence electrons. The molecular weight excluding hydrogens is 266 g/mol. The lowest BCUT2D eigenvalue weighted by molar-refractivity contribution is -0.133. The summed E-state index contributed by atoms with van der Waals surface area (Å²) in [7, 11) is 0. The fourth-order valence-corrected chi connectivity index (χ4v) is 2.31. The molecule has 0 aliphatic rings. The van der Waals surface area contributed by atoms with Crippen LogP contribution in [0.5, 0.6) is 0 Å². The first-order chi connectivity index (χ1) is 9.08. The van der Waals surface area contributed by atoms with Crippen LogP contribution in [-0.2, 0) is 11.3 Å². The SMILES string of the molecule is CC(C)Cn1c(SCC(=O)O)nnc1-c1ccco1. The first-order valence-corrected chi connectivity index (χ1v) is 6.88. The quantitative estimate of drug-likeness (QED) is 0.819. The topological polar surface area (TPSA) is 81.2 Å². The van der Waals surface area contributed by atoms with E-state index >= 15 is 0 Å². The summed E-state index contributed by atoms with van der Waals surface area (Å²) >= 11 is 1.16. The lowest BCUT2D eigenvalue weighted by atomic mass is 10.2. The molecule has 2 aromatic rings. The van der Waals surface area contributed by atoms with Gasteiger partial charge in [0.2, 0.25) is 0 Å². The number of hydrogen-bond donors (Lipinski definition) is 1. The molecule has 0 aliphatic carbocycles. The molecule has 0 saturated heterocycles. The molecule has 0 aliphatic heterocycles. The Morgan fingerprint density at radius 2 is 2.32 bits per heavy atom. The average Bonchev–Trinajstić information content (AvgIpc) is 2.94. The Morgan fingerprint density at radius 1 is 1.53 bits per heavy atom. The number of furan rings is 1. The van der Waals surface area contributed by atoms with Gasteiger partial charge in [-0.25, -0.2) is 0 Å². The van der Waals surface area contributed by atoms with Crippen molar-refractivity contribution >= 4 is 17.7 Å². The molecule has 0 unspecified atom stereocenters. The molecular formula is C12H15N3O3S. The third-order valence-electron chi connectivity index (χ3n) is 2.33. The van der Waals surface area contributed by atoms with Crippen LogP contribution < -0.4 is 0 Å². The van der Waals surface area contributed by atoms with Crippen LogP contribution in [0.25, 0.3) is 11.6 Å². The molecule has 0 aromatic carbocycles. The molecule has 0 amide bonds. The second-order valence-corrected chi connectivity index (χ2v) is 5.41. The van der Waals surface area contributed by atoms with Gasteiger partial charge in [0.1, 0.15) is 0 Å². The first-order valence-electron chi connectivity index (χ1n) is 5.89. The van der Waals surface area contributed by atoms with Crippen LogP contribution in [-0.4, -0.2) is 31.6 Å². The van der Waals surface area contributed by atoms with E-state index in [0.717, 1.165) is 11.8 Å². The summed E-state index contributed by atoms with van der Waals surface area (Å²) in [4.78, 5) is 10.6. The minimum Gasteiger partial charge on any atom is -0.481 e. The molecule has 7 heteroatoms. The summed E-state index contributed by atoms with van der Waals surface area (Å²) in [5.41, 5.74) is 0. The van der Waals surface area contributed by atoms with Crippen molar-refractivity contribution in [2.24, 2.45) is 5.92 Å². The Morgan fingerprint density at radius 3 is 2.89 bits per heavy atom. The molecule has 0 radical (unpaired) electrons. The molecule has 2 heterocycles. The van der Waals surface area contributed by atoms with Gasteiger partial charge in [-0.3, -0.25) is 9.36 Å². The highest BCUT2D eigenvalue weighted by Crippen LogP contribution is 2.25. The van der Waals surface area contributed by atoms with E-state index in [1.807, 2.05) is 10.6 Å². The van der Waals surface area contributed by atoms with Gasteiger partial charge >= 0.3 is 5.97 Å². The van der Waals surface area contributed by atoms with Crippen LogP contribution in [0, 0.1) is 5.92 Å². The number of thioether (sulfide) groups is 1. The monoisotopic (exact) mass is 281 g/mol. The first kappa shape index (κ1) is 13.7. The predicted octanol–water partition coefficient (Wildman–Crippen LogP) is 2.37. The van der Waals surface area contributed by atoms with E-state index in [1.54, 1.807) is 12.3 Å². The maximum Gasteiger partial charge on any atom is 0.313 e. The summed E-state index contributed by atoms with van der Waals surface area (Å²) in [5, 5.41) is 17.5. The van der Waals surface area contributed by atoms with Crippen LogP contribution in [0.1, 0.15) is 13.8 Å². The number of nitrogens with zero attached hydrogens (tertiary/aromatic N) is 3. The number of aromatic nitrogens is 3. The van der Waals surface area contributed by atoms with Crippen molar-refractivity contribution < 1.29 is 14.3 Å². The summed E-state index contributed by atoms with van der Waals surface area (Å²) in [6.07, 6.45) is 1.58. The van der Waals surface area contributed by atoms with Crippen molar-refractivity contribution in [2.45, 2.75) is 25.5 Å². The number of hydrogen-bond acceptors (Lipinski definition) is 5. The zero-order valence-electron chi connectivity index (χ0n) is 10.7. The third-order valence-corrected chi connectivity index (χ3v) is 3.28. The second-order valence-electron chi connectivity index (χ2n) is 4.47. The molecule has 6 nitrogen and oxygen atoms in total. The predicted molar refractivity (Wildman–Crippen MR) is 70.9 cm³/mol. The van der Waals surface area contributed by atoms with Gasteiger partial charge in [0, 0.05) is 6.54 Å². The van der Waals surface area contributed by atoms with E-state index in [1.165, 1.54) is 0 Å². The molecule has 0 spiro atoms. The second kappa shape index (κ2) is 5.92. The highest BCUT2D eigenvalue weighted by Gasteiger charge is 2.17. The lowest BCUT2D eigenvalue weighted by Crippen LogP contribution is -2.08. The average molecular weight is 281 g/mol. The minimum absolute atomic E-state index is 0.0333. The zero-order chi connectivity index (χ0) is 13.8. The van der Waals surface area contributed by atoms with Crippen LogP contribution in [0.15, 0.2) is 28.0 Å². The van der Waals surface area contributed by atoms with Crippen LogP contribution in [0.4, 0.5) is 0 Å². The van der Waals surface area contributed by atoms with Gasteiger partial charge in [-0.05, 0) is 18.1 Å². The fraction of sp³-hybridized carbons (Fsp3) is 0.417. The van der Waals surface area contributed by atoms with E-state index in [-0.39, 0.29) is 5.75 Å². The van der Waals surface area contributed by atoms with Crippen molar-refractivity contribution in [3.63, 3.8) is 0 Å². The van der Waals surface area contributed by atoms with Crippen molar-refractivity contribution in [2.75, 3.05) is 5.75 Å². The molecule has 0 saturated carbocycles. The summed E-state index contributed by atoms with van der Waals surface area (Å²) in [6.45, 7) is 4.88. The Bertz CT molecular complexity index is 549. The number of aliphatic carboxylic acids is 1. The van der Waals surface area contributed by atoms with Gasteiger partial charge in [-0.1, -0.05) is 25.6 Å². The molecule has 0 bridgehead atoms. The molecule has 0 fully saturated rings. The van der Waals surface area contributed by atoms with E-state index in [9.17, 15) is 4.79 Å². The van der Waals surface area contributed by atoms with Gasteiger partial charge in [0.15, 0.2) is 16.7 Å². The summed E-state index contributed by atoms with van der Waals surface area (Å²) in [6, 6.07) is 3.60. The normalized spacial score (nSPS) is 11.1. The molecule has 2 rings (SSSR count). The Kier molecular flexibility index (Phi) is 4.26. The van der Waals surface area contributed by atoms with E-state index < -0.39 is 5.97 Å². The Hall–Kier alpha value is -1.76. The van der Waals surface area contributed by atoms with Gasteiger partial charge in [0.05, 0.1) is 12.0 Å². The van der Waals surface area contributed by atoms with Crippen molar-refractivity contribution in [1.82, 2.24) is 14.8 Å². The molecule has 19 heavy (non-hydrogen) atoms. The smallest absolute Gasteiger partial charge is 0.313 e. The van der Waals surface area contributed by atoms with E-state index in [4.69, 9.17) is 9.52 Å². The third kappa shape index (κ3) is 3.37. The van der Waals surface area contributed by atoms with Crippen molar-refractivity contribution in [3.8, 4) is 11.6 Å². The summed E-state index contributed by atoms with van der Waals surface area (Å²) in [5.74, 6) is 0.758. The molecule has 0 atom stereocenters. The largest absolute Gasteiger partial charge is 0.481 e. The van der Waals surface area contributed by atoms with Crippen LogP contribution in [0.3, 0.4) is 0 Å². The summed E-state index contributed by atoms with van der Waals surface area (Å²) < 4.78 is 7.23. The molecule has 2 aromatic heterocycles. The lowest BCUT2D eigenvalue weighted by Gasteiger charge is -2.10.